The average molecular weight is 305 g/mol. The monoisotopic (exact) mass is 304 g/mol. The van der Waals surface area contributed by atoms with Gasteiger partial charge in [0, 0.05) is 39.3 Å². The smallest absolute Gasteiger partial charge is 0.263 e. The SMILES string of the molecule is Cn1cnc(S(=O)(=O)N2CCN(C3CC3)CC2)c1Cl. The molecule has 0 bridgehead atoms. The molecule has 2 fully saturated rings. The van der Waals surface area contributed by atoms with Gasteiger partial charge in [-0.15, -0.1) is 0 Å². The quantitative estimate of drug-likeness (QED) is 0.818. The zero-order valence-electron chi connectivity index (χ0n) is 10.8. The Hall–Kier alpha value is -0.630. The van der Waals surface area contributed by atoms with E-state index in [9.17, 15) is 8.42 Å². The lowest BCUT2D eigenvalue weighted by molar-refractivity contribution is 0.180. The molecule has 8 heteroatoms. The largest absolute Gasteiger partial charge is 0.324 e. The maximum Gasteiger partial charge on any atom is 0.263 e. The molecule has 2 aliphatic rings. The van der Waals surface area contributed by atoms with Gasteiger partial charge < -0.3 is 4.57 Å². The summed E-state index contributed by atoms with van der Waals surface area (Å²) in [6, 6.07) is 0.684. The molecule has 3 rings (SSSR count). The summed E-state index contributed by atoms with van der Waals surface area (Å²) in [5, 5.41) is 0.140. The predicted octanol–water partition coefficient (Wildman–Crippen LogP) is 0.542. The Morgan fingerprint density at radius 1 is 1.26 bits per heavy atom. The van der Waals surface area contributed by atoms with Crippen molar-refractivity contribution in [2.45, 2.75) is 23.9 Å². The second kappa shape index (κ2) is 4.73. The van der Waals surface area contributed by atoms with Crippen LogP contribution in [0.1, 0.15) is 12.8 Å². The second-order valence-electron chi connectivity index (χ2n) is 5.12. The summed E-state index contributed by atoms with van der Waals surface area (Å²) in [7, 11) is -1.88. The van der Waals surface area contributed by atoms with E-state index in [4.69, 9.17) is 11.6 Å². The van der Waals surface area contributed by atoms with Gasteiger partial charge in [-0.25, -0.2) is 13.4 Å². The molecule has 0 aromatic carbocycles. The van der Waals surface area contributed by atoms with Crippen molar-refractivity contribution in [1.82, 2.24) is 18.8 Å². The molecule has 1 saturated heterocycles. The van der Waals surface area contributed by atoms with E-state index in [1.165, 1.54) is 28.0 Å². The van der Waals surface area contributed by atoms with Gasteiger partial charge in [0.05, 0.1) is 6.33 Å². The number of piperazine rings is 1. The summed E-state index contributed by atoms with van der Waals surface area (Å²) < 4.78 is 27.9. The minimum Gasteiger partial charge on any atom is -0.324 e. The van der Waals surface area contributed by atoms with Crippen molar-refractivity contribution < 1.29 is 8.42 Å². The summed E-state index contributed by atoms with van der Waals surface area (Å²) in [6.07, 6.45) is 3.92. The first-order valence-corrected chi connectivity index (χ1v) is 8.23. The molecule has 6 nitrogen and oxygen atoms in total. The van der Waals surface area contributed by atoms with Crippen molar-refractivity contribution in [3.63, 3.8) is 0 Å². The molecule has 1 saturated carbocycles. The second-order valence-corrected chi connectivity index (χ2v) is 7.33. The Balaban J connectivity index is 1.76. The third-order valence-corrected chi connectivity index (χ3v) is 6.15. The highest BCUT2D eigenvalue weighted by Gasteiger charge is 2.36. The maximum atomic E-state index is 12.5. The van der Waals surface area contributed by atoms with Gasteiger partial charge in [0.2, 0.25) is 5.03 Å². The molecule has 1 aliphatic heterocycles. The zero-order chi connectivity index (χ0) is 13.6. The fourth-order valence-electron chi connectivity index (χ4n) is 2.44. The molecule has 1 aromatic rings. The van der Waals surface area contributed by atoms with Crippen LogP contribution < -0.4 is 0 Å². The zero-order valence-corrected chi connectivity index (χ0v) is 12.4. The normalized spacial score (nSPS) is 22.8. The lowest BCUT2D eigenvalue weighted by atomic mass is 10.3. The molecule has 0 radical (unpaired) electrons. The third kappa shape index (κ3) is 2.40. The molecular formula is C11H17ClN4O2S. The first-order chi connectivity index (χ1) is 9.00. The summed E-state index contributed by atoms with van der Waals surface area (Å²) in [5.74, 6) is 0. The number of hydrogen-bond donors (Lipinski definition) is 0. The number of hydrogen-bond acceptors (Lipinski definition) is 4. The van der Waals surface area contributed by atoms with Crippen LogP contribution in [0.4, 0.5) is 0 Å². The summed E-state index contributed by atoms with van der Waals surface area (Å²) in [5.41, 5.74) is 0. The minimum atomic E-state index is -3.56. The molecule has 0 amide bonds. The van der Waals surface area contributed by atoms with Crippen molar-refractivity contribution in [1.29, 1.82) is 0 Å². The van der Waals surface area contributed by atoms with Crippen LogP contribution in [-0.4, -0.2) is 59.4 Å². The van der Waals surface area contributed by atoms with Crippen LogP contribution in [0.25, 0.3) is 0 Å². The van der Waals surface area contributed by atoms with Crippen molar-refractivity contribution in [3.8, 4) is 0 Å². The van der Waals surface area contributed by atoms with Gasteiger partial charge in [-0.3, -0.25) is 4.90 Å². The van der Waals surface area contributed by atoms with E-state index in [1.54, 1.807) is 7.05 Å². The molecule has 19 heavy (non-hydrogen) atoms. The highest BCUT2D eigenvalue weighted by molar-refractivity contribution is 7.89. The van der Waals surface area contributed by atoms with Crippen LogP contribution >= 0.6 is 11.6 Å². The van der Waals surface area contributed by atoms with E-state index in [-0.39, 0.29) is 10.2 Å². The van der Waals surface area contributed by atoms with E-state index in [0.29, 0.717) is 19.1 Å². The van der Waals surface area contributed by atoms with E-state index < -0.39 is 10.0 Å². The van der Waals surface area contributed by atoms with E-state index in [1.807, 2.05) is 0 Å². The highest BCUT2D eigenvalue weighted by atomic mass is 35.5. The lowest BCUT2D eigenvalue weighted by Crippen LogP contribution is -2.49. The Morgan fingerprint density at radius 2 is 1.89 bits per heavy atom. The van der Waals surface area contributed by atoms with Gasteiger partial charge in [0.25, 0.3) is 10.0 Å². The number of nitrogens with zero attached hydrogens (tertiary/aromatic N) is 4. The summed E-state index contributed by atoms with van der Waals surface area (Å²) >= 11 is 5.99. The van der Waals surface area contributed by atoms with Gasteiger partial charge in [-0.05, 0) is 12.8 Å². The fourth-order valence-corrected chi connectivity index (χ4v) is 4.25. The molecule has 0 spiro atoms. The molecule has 1 aromatic heterocycles. The molecule has 106 valence electrons. The van der Waals surface area contributed by atoms with Crippen molar-refractivity contribution in [3.05, 3.63) is 11.5 Å². The van der Waals surface area contributed by atoms with Crippen LogP contribution in [-0.2, 0) is 17.1 Å². The number of aromatic nitrogens is 2. The maximum absolute atomic E-state index is 12.5. The van der Waals surface area contributed by atoms with Gasteiger partial charge in [0.1, 0.15) is 5.15 Å². The van der Waals surface area contributed by atoms with Crippen LogP contribution in [0.3, 0.4) is 0 Å². The Labute approximate surface area is 118 Å². The summed E-state index contributed by atoms with van der Waals surface area (Å²) in [6.45, 7) is 2.64. The van der Waals surface area contributed by atoms with E-state index >= 15 is 0 Å². The minimum absolute atomic E-state index is 0.0310. The van der Waals surface area contributed by atoms with Crippen LogP contribution in [0, 0.1) is 0 Å². The van der Waals surface area contributed by atoms with E-state index in [2.05, 4.69) is 9.88 Å². The Bertz CT molecular complexity index is 574. The molecule has 0 unspecified atom stereocenters. The predicted molar refractivity (Wildman–Crippen MR) is 71.6 cm³/mol. The van der Waals surface area contributed by atoms with Crippen LogP contribution in [0.15, 0.2) is 11.4 Å². The molecule has 2 heterocycles. The standard InChI is InChI=1S/C11H17ClN4O2S/c1-14-8-13-11(10(14)12)19(17,18)16-6-4-15(5-7-16)9-2-3-9/h8-9H,2-7H2,1H3. The first kappa shape index (κ1) is 13.4. The van der Waals surface area contributed by atoms with Crippen LogP contribution in [0.5, 0.6) is 0 Å². The molecule has 0 atom stereocenters. The van der Waals surface area contributed by atoms with Crippen molar-refractivity contribution >= 4 is 21.6 Å². The van der Waals surface area contributed by atoms with Crippen molar-refractivity contribution in [2.75, 3.05) is 26.2 Å². The number of halogens is 1. The van der Waals surface area contributed by atoms with Gasteiger partial charge in [0.15, 0.2) is 0 Å². The molecule has 0 N–H and O–H groups in total. The van der Waals surface area contributed by atoms with Gasteiger partial charge in [-0.2, -0.15) is 4.31 Å². The summed E-state index contributed by atoms with van der Waals surface area (Å²) in [4.78, 5) is 6.28. The highest BCUT2D eigenvalue weighted by Crippen LogP contribution is 2.29. The molecule has 1 aliphatic carbocycles. The molecular weight excluding hydrogens is 288 g/mol. The first-order valence-electron chi connectivity index (χ1n) is 6.41. The topological polar surface area (TPSA) is 58.4 Å². The van der Waals surface area contributed by atoms with E-state index in [0.717, 1.165) is 13.1 Å². The number of aryl methyl sites for hydroxylation is 1. The van der Waals surface area contributed by atoms with Gasteiger partial charge >= 0.3 is 0 Å². The van der Waals surface area contributed by atoms with Gasteiger partial charge in [-0.1, -0.05) is 11.6 Å². The van der Waals surface area contributed by atoms with Crippen molar-refractivity contribution in [2.24, 2.45) is 7.05 Å². The number of rotatable bonds is 3. The lowest BCUT2D eigenvalue weighted by Gasteiger charge is -2.33. The average Bonchev–Trinajstić information content (AvgIpc) is 3.18. The third-order valence-electron chi connectivity index (χ3n) is 3.76. The number of sulfonamides is 1. The number of imidazole rings is 1. The van der Waals surface area contributed by atoms with Crippen LogP contribution in [0.2, 0.25) is 5.15 Å². The fraction of sp³-hybridized carbons (Fsp3) is 0.727. The Morgan fingerprint density at radius 3 is 2.37 bits per heavy atom. The Kier molecular flexibility index (Phi) is 3.33.